The van der Waals surface area contributed by atoms with Crippen molar-refractivity contribution >= 4 is 0 Å². The van der Waals surface area contributed by atoms with E-state index in [4.69, 9.17) is 4.74 Å². The number of nitrogens with one attached hydrogen (secondary N) is 1. The molecule has 0 spiro atoms. The van der Waals surface area contributed by atoms with E-state index in [2.05, 4.69) is 15.3 Å². The second kappa shape index (κ2) is 5.19. The lowest BCUT2D eigenvalue weighted by molar-refractivity contribution is 0.0395. The molecule has 4 heteroatoms. The van der Waals surface area contributed by atoms with Crippen LogP contribution in [0.5, 0.6) is 0 Å². The number of nitrogens with zero attached hydrogens (tertiary/aromatic N) is 2. The van der Waals surface area contributed by atoms with E-state index in [0.717, 1.165) is 25.3 Å². The molecular weight excluding hydrogens is 190 g/mol. The number of rotatable bonds is 3. The van der Waals surface area contributed by atoms with Crippen molar-refractivity contribution in [3.05, 3.63) is 24.3 Å². The monoisotopic (exact) mass is 207 g/mol. The molecule has 0 aromatic carbocycles. The minimum absolute atomic E-state index is 0.285. The van der Waals surface area contributed by atoms with Crippen LogP contribution in [0.3, 0.4) is 0 Å². The van der Waals surface area contributed by atoms with Crippen molar-refractivity contribution in [3.8, 4) is 0 Å². The summed E-state index contributed by atoms with van der Waals surface area (Å²) in [7, 11) is 1.97. The first-order valence-electron chi connectivity index (χ1n) is 5.42. The van der Waals surface area contributed by atoms with Crippen molar-refractivity contribution in [2.24, 2.45) is 5.92 Å². The fourth-order valence-electron chi connectivity index (χ4n) is 2.14. The SMILES string of the molecule is CNC(c1ccncn1)C1CCCOC1. The van der Waals surface area contributed by atoms with Gasteiger partial charge in [0.25, 0.3) is 0 Å². The summed E-state index contributed by atoms with van der Waals surface area (Å²) in [5.41, 5.74) is 1.06. The molecule has 0 saturated carbocycles. The van der Waals surface area contributed by atoms with E-state index < -0.39 is 0 Å². The lowest BCUT2D eigenvalue weighted by Crippen LogP contribution is -2.32. The molecule has 4 nitrogen and oxygen atoms in total. The Kier molecular flexibility index (Phi) is 3.64. The van der Waals surface area contributed by atoms with Crippen LogP contribution in [0, 0.1) is 5.92 Å². The van der Waals surface area contributed by atoms with E-state index >= 15 is 0 Å². The topological polar surface area (TPSA) is 47.0 Å². The first kappa shape index (κ1) is 10.5. The van der Waals surface area contributed by atoms with Crippen LogP contribution in [-0.4, -0.2) is 30.2 Å². The molecule has 1 fully saturated rings. The van der Waals surface area contributed by atoms with E-state index in [0.29, 0.717) is 5.92 Å². The summed E-state index contributed by atoms with van der Waals surface area (Å²) >= 11 is 0. The second-order valence-electron chi connectivity index (χ2n) is 3.88. The summed E-state index contributed by atoms with van der Waals surface area (Å²) in [6, 6.07) is 2.25. The molecule has 1 aromatic rings. The van der Waals surface area contributed by atoms with Gasteiger partial charge in [-0.25, -0.2) is 9.97 Å². The van der Waals surface area contributed by atoms with Crippen molar-refractivity contribution in [3.63, 3.8) is 0 Å². The third kappa shape index (κ3) is 2.52. The Balaban J connectivity index is 2.09. The van der Waals surface area contributed by atoms with Crippen LogP contribution in [0.4, 0.5) is 0 Å². The normalized spacial score (nSPS) is 23.7. The number of ether oxygens (including phenoxy) is 1. The highest BCUT2D eigenvalue weighted by atomic mass is 16.5. The van der Waals surface area contributed by atoms with Gasteiger partial charge in [0.15, 0.2) is 0 Å². The average molecular weight is 207 g/mol. The lowest BCUT2D eigenvalue weighted by Gasteiger charge is -2.29. The van der Waals surface area contributed by atoms with Crippen LogP contribution in [0.25, 0.3) is 0 Å². The Morgan fingerprint density at radius 2 is 2.53 bits per heavy atom. The van der Waals surface area contributed by atoms with Crippen LogP contribution in [0.15, 0.2) is 18.6 Å². The van der Waals surface area contributed by atoms with Gasteiger partial charge in [-0.2, -0.15) is 0 Å². The molecule has 2 rings (SSSR count). The number of hydrogen-bond donors (Lipinski definition) is 1. The third-order valence-electron chi connectivity index (χ3n) is 2.90. The van der Waals surface area contributed by atoms with Gasteiger partial charge in [-0.1, -0.05) is 0 Å². The van der Waals surface area contributed by atoms with Crippen LogP contribution < -0.4 is 5.32 Å². The van der Waals surface area contributed by atoms with Gasteiger partial charge >= 0.3 is 0 Å². The fourth-order valence-corrected chi connectivity index (χ4v) is 2.14. The first-order chi connectivity index (χ1) is 7.42. The zero-order chi connectivity index (χ0) is 10.5. The van der Waals surface area contributed by atoms with Crippen molar-refractivity contribution in [2.45, 2.75) is 18.9 Å². The molecule has 0 aliphatic carbocycles. The molecule has 2 atom stereocenters. The van der Waals surface area contributed by atoms with Crippen molar-refractivity contribution in [1.82, 2.24) is 15.3 Å². The highest BCUT2D eigenvalue weighted by Crippen LogP contribution is 2.26. The van der Waals surface area contributed by atoms with Gasteiger partial charge in [-0.15, -0.1) is 0 Å². The molecule has 0 amide bonds. The molecule has 82 valence electrons. The summed E-state index contributed by atoms with van der Waals surface area (Å²) in [6.45, 7) is 1.73. The Morgan fingerprint density at radius 3 is 3.13 bits per heavy atom. The Bertz CT molecular complexity index is 285. The minimum atomic E-state index is 0.285. The van der Waals surface area contributed by atoms with Crippen LogP contribution in [0.2, 0.25) is 0 Å². The van der Waals surface area contributed by atoms with Gasteiger partial charge < -0.3 is 10.1 Å². The highest BCUT2D eigenvalue weighted by molar-refractivity contribution is 5.06. The van der Waals surface area contributed by atoms with Crippen LogP contribution in [0.1, 0.15) is 24.6 Å². The third-order valence-corrected chi connectivity index (χ3v) is 2.90. The standard InChI is InChI=1S/C11H17N3O/c1-12-11(9-3-2-6-15-7-9)10-4-5-13-8-14-10/h4-5,8-9,11-12H,2-3,6-7H2,1H3. The Morgan fingerprint density at radius 1 is 1.60 bits per heavy atom. The predicted octanol–water partition coefficient (Wildman–Crippen LogP) is 1.16. The Labute approximate surface area is 90.1 Å². The quantitative estimate of drug-likeness (QED) is 0.808. The Hall–Kier alpha value is -1.00. The van der Waals surface area contributed by atoms with Gasteiger partial charge in [0.05, 0.1) is 18.3 Å². The molecule has 0 bridgehead atoms. The smallest absolute Gasteiger partial charge is 0.115 e. The van der Waals surface area contributed by atoms with Gasteiger partial charge in [0.2, 0.25) is 0 Å². The maximum Gasteiger partial charge on any atom is 0.115 e. The zero-order valence-electron chi connectivity index (χ0n) is 9.02. The predicted molar refractivity (Wildman–Crippen MR) is 57.4 cm³/mol. The molecule has 1 N–H and O–H groups in total. The van der Waals surface area contributed by atoms with Gasteiger partial charge in [-0.3, -0.25) is 0 Å². The molecule has 1 aliphatic heterocycles. The lowest BCUT2D eigenvalue weighted by atomic mass is 9.91. The van der Waals surface area contributed by atoms with Gasteiger partial charge in [-0.05, 0) is 26.0 Å². The first-order valence-corrected chi connectivity index (χ1v) is 5.42. The molecule has 1 aliphatic rings. The summed E-state index contributed by atoms with van der Waals surface area (Å²) in [5, 5.41) is 3.32. The minimum Gasteiger partial charge on any atom is -0.381 e. The highest BCUT2D eigenvalue weighted by Gasteiger charge is 2.24. The van der Waals surface area contributed by atoms with Crippen LogP contribution in [-0.2, 0) is 4.74 Å². The van der Waals surface area contributed by atoms with Crippen LogP contribution >= 0.6 is 0 Å². The van der Waals surface area contributed by atoms with E-state index in [1.54, 1.807) is 12.5 Å². The fraction of sp³-hybridized carbons (Fsp3) is 0.636. The van der Waals surface area contributed by atoms with E-state index in [-0.39, 0.29) is 6.04 Å². The maximum atomic E-state index is 5.50. The molecule has 2 unspecified atom stereocenters. The average Bonchev–Trinajstić information content (AvgIpc) is 2.33. The second-order valence-corrected chi connectivity index (χ2v) is 3.88. The number of aromatic nitrogens is 2. The summed E-state index contributed by atoms with van der Waals surface area (Å²) in [6.07, 6.45) is 5.74. The largest absolute Gasteiger partial charge is 0.381 e. The summed E-state index contributed by atoms with van der Waals surface area (Å²) in [4.78, 5) is 8.23. The zero-order valence-corrected chi connectivity index (χ0v) is 9.02. The van der Waals surface area contributed by atoms with Gasteiger partial charge in [0.1, 0.15) is 6.33 Å². The van der Waals surface area contributed by atoms with E-state index in [1.165, 1.54) is 6.42 Å². The summed E-state index contributed by atoms with van der Waals surface area (Å²) in [5.74, 6) is 0.527. The molecule has 0 radical (unpaired) electrons. The van der Waals surface area contributed by atoms with E-state index in [9.17, 15) is 0 Å². The van der Waals surface area contributed by atoms with Gasteiger partial charge in [0, 0.05) is 18.7 Å². The van der Waals surface area contributed by atoms with E-state index in [1.807, 2.05) is 13.1 Å². The van der Waals surface area contributed by atoms with Crippen molar-refractivity contribution in [2.75, 3.05) is 20.3 Å². The molecular formula is C11H17N3O. The number of hydrogen-bond acceptors (Lipinski definition) is 4. The maximum absolute atomic E-state index is 5.50. The van der Waals surface area contributed by atoms with Crippen molar-refractivity contribution < 1.29 is 4.74 Å². The molecule has 1 aromatic heterocycles. The molecule has 1 saturated heterocycles. The molecule has 15 heavy (non-hydrogen) atoms. The summed E-state index contributed by atoms with van der Waals surface area (Å²) < 4.78 is 5.50. The van der Waals surface area contributed by atoms with Crippen molar-refractivity contribution in [1.29, 1.82) is 0 Å². The molecule has 2 heterocycles.